The van der Waals surface area contributed by atoms with E-state index >= 15 is 0 Å². The first-order chi connectivity index (χ1) is 12.4. The maximum atomic E-state index is 11.5. The van der Waals surface area contributed by atoms with Crippen LogP contribution in [0.3, 0.4) is 0 Å². The van der Waals surface area contributed by atoms with Crippen LogP contribution in [0.2, 0.25) is 5.02 Å². The predicted molar refractivity (Wildman–Crippen MR) is 98.3 cm³/mol. The van der Waals surface area contributed by atoms with E-state index in [9.17, 15) is 13.2 Å². The molecule has 138 valence electrons. The number of amides is 1. The average molecular weight is 396 g/mol. The van der Waals surface area contributed by atoms with Gasteiger partial charge in [0.1, 0.15) is 11.5 Å². The lowest BCUT2D eigenvalue weighted by atomic mass is 9.82. The molecule has 1 heterocycles. The molecular weight excluding hydrogens is 378 g/mol. The maximum absolute atomic E-state index is 11.5. The molecule has 0 spiro atoms. The Morgan fingerprint density at radius 3 is 2.62 bits per heavy atom. The summed E-state index contributed by atoms with van der Waals surface area (Å²) in [6, 6.07) is 12.6. The lowest BCUT2D eigenvalue weighted by molar-refractivity contribution is -0.109. The van der Waals surface area contributed by atoms with Crippen molar-refractivity contribution in [3.63, 3.8) is 0 Å². The van der Waals surface area contributed by atoms with Crippen LogP contribution >= 0.6 is 11.6 Å². The first kappa shape index (κ1) is 18.7. The van der Waals surface area contributed by atoms with E-state index in [0.717, 1.165) is 17.4 Å². The van der Waals surface area contributed by atoms with Gasteiger partial charge in [0.15, 0.2) is 0 Å². The zero-order valence-corrected chi connectivity index (χ0v) is 15.6. The highest BCUT2D eigenvalue weighted by atomic mass is 35.5. The summed E-state index contributed by atoms with van der Waals surface area (Å²) in [6.45, 7) is 0.211. The Labute approximate surface area is 157 Å². The minimum absolute atomic E-state index is 0.0731. The summed E-state index contributed by atoms with van der Waals surface area (Å²) in [7, 11) is -3.62. The maximum Gasteiger partial charge on any atom is 0.264 e. The van der Waals surface area contributed by atoms with Gasteiger partial charge in [0, 0.05) is 34.5 Å². The van der Waals surface area contributed by atoms with Gasteiger partial charge in [-0.25, -0.2) is 0 Å². The van der Waals surface area contributed by atoms with Gasteiger partial charge in [0.25, 0.3) is 10.1 Å². The zero-order valence-electron chi connectivity index (χ0n) is 14.0. The monoisotopic (exact) mass is 395 g/mol. The fourth-order valence-electron chi connectivity index (χ4n) is 3.16. The van der Waals surface area contributed by atoms with Gasteiger partial charge in [-0.15, -0.1) is 0 Å². The fourth-order valence-corrected chi connectivity index (χ4v) is 3.74. The number of nitrogens with one attached hydrogen (secondary N) is 1. The molecule has 2 atom stereocenters. The molecule has 0 saturated heterocycles. The molecule has 0 aliphatic carbocycles. The third-order valence-electron chi connectivity index (χ3n) is 4.28. The van der Waals surface area contributed by atoms with Crippen LogP contribution in [0.15, 0.2) is 42.5 Å². The quantitative estimate of drug-likeness (QED) is 0.600. The van der Waals surface area contributed by atoms with Crippen LogP contribution in [0.5, 0.6) is 11.5 Å². The number of hydrogen-bond donors (Lipinski definition) is 1. The smallest absolute Gasteiger partial charge is 0.264 e. The van der Waals surface area contributed by atoms with Crippen LogP contribution in [0.4, 0.5) is 0 Å². The number of carbonyl (C=O) groups excluding carboxylic acids is 1. The van der Waals surface area contributed by atoms with Crippen LogP contribution in [0.1, 0.15) is 23.0 Å². The molecule has 0 fully saturated rings. The number of hydrogen-bond acceptors (Lipinski definition) is 5. The van der Waals surface area contributed by atoms with E-state index in [4.69, 9.17) is 20.5 Å². The van der Waals surface area contributed by atoms with Crippen LogP contribution in [-0.2, 0) is 19.1 Å². The van der Waals surface area contributed by atoms with Crippen LogP contribution in [-0.4, -0.2) is 34.2 Å². The number of carbonyl (C=O) groups is 1. The highest BCUT2D eigenvalue weighted by Gasteiger charge is 2.33. The van der Waals surface area contributed by atoms with Crippen LogP contribution in [0.25, 0.3) is 0 Å². The average Bonchev–Trinajstić information content (AvgIpc) is 2.71. The van der Waals surface area contributed by atoms with E-state index in [1.807, 2.05) is 24.3 Å². The molecule has 1 N–H and O–H groups in total. The molecule has 2 unspecified atom stereocenters. The van der Waals surface area contributed by atoms with E-state index in [-0.39, 0.29) is 25.0 Å². The number of fused-ring (bicyclic) bond motifs is 2. The molecule has 0 aromatic heterocycles. The molecule has 0 radical (unpaired) electrons. The van der Waals surface area contributed by atoms with Gasteiger partial charge >= 0.3 is 0 Å². The summed E-state index contributed by atoms with van der Waals surface area (Å²) < 4.78 is 34.2. The van der Waals surface area contributed by atoms with Crippen molar-refractivity contribution in [3.8, 4) is 11.5 Å². The minimum atomic E-state index is -3.62. The molecule has 0 saturated carbocycles. The van der Waals surface area contributed by atoms with E-state index in [1.54, 1.807) is 18.2 Å². The van der Waals surface area contributed by atoms with Crippen molar-refractivity contribution in [1.29, 1.82) is 0 Å². The van der Waals surface area contributed by atoms with E-state index < -0.39 is 10.1 Å². The standard InChI is InChI=1S/C18H18ClNO5S/c1-26(22,23)24-10-16-13-4-2-3-5-17(13)25-18-7-6-12(19)8-14(18)15(16)9-20-11-21/h2-8,11,15-16H,9-10H2,1H3,(H,20,21). The third kappa shape index (κ3) is 4.17. The van der Waals surface area contributed by atoms with Gasteiger partial charge in [-0.2, -0.15) is 8.42 Å². The molecule has 1 aliphatic heterocycles. The van der Waals surface area contributed by atoms with Gasteiger partial charge in [-0.3, -0.25) is 8.98 Å². The largest absolute Gasteiger partial charge is 0.457 e. The molecule has 8 heteroatoms. The Bertz CT molecular complexity index is 916. The summed E-state index contributed by atoms with van der Waals surface area (Å²) in [5, 5.41) is 3.21. The Hall–Kier alpha value is -2.09. The molecule has 3 rings (SSSR count). The van der Waals surface area contributed by atoms with Crippen molar-refractivity contribution in [1.82, 2.24) is 5.32 Å². The SMILES string of the molecule is CS(=O)(=O)OCC1c2ccccc2Oc2ccc(Cl)cc2C1CNC=O. The van der Waals surface area contributed by atoms with Gasteiger partial charge in [-0.1, -0.05) is 29.8 Å². The third-order valence-corrected chi connectivity index (χ3v) is 5.08. The normalized spacial score (nSPS) is 18.8. The number of halogens is 1. The van der Waals surface area contributed by atoms with E-state index in [0.29, 0.717) is 22.9 Å². The molecule has 6 nitrogen and oxygen atoms in total. The fraction of sp³-hybridized carbons (Fsp3) is 0.278. The van der Waals surface area contributed by atoms with E-state index in [2.05, 4.69) is 5.32 Å². The van der Waals surface area contributed by atoms with Gasteiger partial charge in [-0.05, 0) is 24.3 Å². The van der Waals surface area contributed by atoms with Crippen molar-refractivity contribution in [2.24, 2.45) is 0 Å². The lowest BCUT2D eigenvalue weighted by Gasteiger charge is -2.26. The summed E-state index contributed by atoms with van der Waals surface area (Å²) >= 11 is 6.17. The minimum Gasteiger partial charge on any atom is -0.457 e. The second-order valence-corrected chi connectivity index (χ2v) is 8.13. The Morgan fingerprint density at radius 2 is 1.88 bits per heavy atom. The van der Waals surface area contributed by atoms with Crippen molar-refractivity contribution in [2.75, 3.05) is 19.4 Å². The highest BCUT2D eigenvalue weighted by molar-refractivity contribution is 7.85. The highest BCUT2D eigenvalue weighted by Crippen LogP contribution is 2.46. The van der Waals surface area contributed by atoms with Crippen LogP contribution < -0.4 is 10.1 Å². The van der Waals surface area contributed by atoms with Crippen molar-refractivity contribution in [2.45, 2.75) is 11.8 Å². The molecular formula is C18H18ClNO5S. The summed E-state index contributed by atoms with van der Waals surface area (Å²) in [6.07, 6.45) is 1.62. The van der Waals surface area contributed by atoms with Crippen molar-refractivity contribution < 1.29 is 22.1 Å². The van der Waals surface area contributed by atoms with E-state index in [1.165, 1.54) is 0 Å². The zero-order chi connectivity index (χ0) is 18.7. The lowest BCUT2D eigenvalue weighted by Crippen LogP contribution is -2.27. The second-order valence-electron chi connectivity index (χ2n) is 6.05. The Balaban J connectivity index is 2.13. The summed E-state index contributed by atoms with van der Waals surface area (Å²) in [5.41, 5.74) is 1.59. The van der Waals surface area contributed by atoms with Gasteiger partial charge in [0.05, 0.1) is 12.9 Å². The van der Waals surface area contributed by atoms with Crippen molar-refractivity contribution >= 4 is 28.1 Å². The van der Waals surface area contributed by atoms with Crippen molar-refractivity contribution in [3.05, 3.63) is 58.6 Å². The predicted octanol–water partition coefficient (Wildman–Crippen LogP) is 3.04. The van der Waals surface area contributed by atoms with Crippen LogP contribution in [0, 0.1) is 0 Å². The molecule has 1 amide bonds. The summed E-state index contributed by atoms with van der Waals surface area (Å²) in [5.74, 6) is 0.598. The molecule has 26 heavy (non-hydrogen) atoms. The molecule has 1 aliphatic rings. The summed E-state index contributed by atoms with van der Waals surface area (Å²) in [4.78, 5) is 10.9. The second kappa shape index (κ2) is 7.65. The first-order valence-electron chi connectivity index (χ1n) is 7.96. The molecule has 2 aromatic carbocycles. The van der Waals surface area contributed by atoms with Gasteiger partial charge < -0.3 is 10.1 Å². The topological polar surface area (TPSA) is 81.7 Å². The Morgan fingerprint density at radius 1 is 1.15 bits per heavy atom. The molecule has 0 bridgehead atoms. The first-order valence-corrected chi connectivity index (χ1v) is 10.2. The number of rotatable bonds is 6. The van der Waals surface area contributed by atoms with Gasteiger partial charge in [0.2, 0.25) is 6.41 Å². The number of benzene rings is 2. The number of ether oxygens (including phenoxy) is 1. The number of para-hydroxylation sites is 1. The Kier molecular flexibility index (Phi) is 5.50. The molecule has 2 aromatic rings.